The quantitative estimate of drug-likeness (QED) is 0.843. The minimum Gasteiger partial charge on any atom is -0.311 e. The van der Waals surface area contributed by atoms with Crippen molar-refractivity contribution in [3.05, 3.63) is 53.5 Å². The lowest BCUT2D eigenvalue weighted by Gasteiger charge is -2.09. The third kappa shape index (κ3) is 3.65. The molecule has 5 nitrogen and oxygen atoms in total. The van der Waals surface area contributed by atoms with Gasteiger partial charge in [-0.2, -0.15) is 5.10 Å². The van der Waals surface area contributed by atoms with Crippen LogP contribution in [-0.4, -0.2) is 20.7 Å². The number of rotatable bonds is 5. The highest BCUT2D eigenvalue weighted by Crippen LogP contribution is 2.59. The van der Waals surface area contributed by atoms with E-state index < -0.39 is 0 Å². The predicted octanol–water partition coefficient (Wildman–Crippen LogP) is 3.81. The van der Waals surface area contributed by atoms with Crippen LogP contribution in [0.3, 0.4) is 0 Å². The molecule has 0 aliphatic heterocycles. The van der Waals surface area contributed by atoms with Crippen LogP contribution in [0.2, 0.25) is 0 Å². The summed E-state index contributed by atoms with van der Waals surface area (Å²) in [6.07, 6.45) is 3.97. The van der Waals surface area contributed by atoms with E-state index >= 15 is 0 Å². The lowest BCUT2D eigenvalue weighted by atomic mass is 10.1. The van der Waals surface area contributed by atoms with E-state index in [9.17, 15) is 4.79 Å². The van der Waals surface area contributed by atoms with Crippen molar-refractivity contribution < 1.29 is 4.79 Å². The molecule has 1 saturated carbocycles. The Balaban J connectivity index is 1.75. The normalized spacial score (nSPS) is 20.8. The summed E-state index contributed by atoms with van der Waals surface area (Å²) < 4.78 is 1.81. The maximum absolute atomic E-state index is 12.8. The first kappa shape index (κ1) is 17.4. The molecule has 1 N–H and O–H groups in total. The van der Waals surface area contributed by atoms with Crippen molar-refractivity contribution in [1.82, 2.24) is 14.8 Å². The van der Waals surface area contributed by atoms with Gasteiger partial charge in [0.15, 0.2) is 0 Å². The summed E-state index contributed by atoms with van der Waals surface area (Å²) >= 11 is 0. The van der Waals surface area contributed by atoms with Gasteiger partial charge in [0.05, 0.1) is 23.9 Å². The zero-order valence-electron chi connectivity index (χ0n) is 15.6. The van der Waals surface area contributed by atoms with Crippen LogP contribution < -0.4 is 5.32 Å². The highest BCUT2D eigenvalue weighted by atomic mass is 16.2. The van der Waals surface area contributed by atoms with E-state index in [0.29, 0.717) is 12.5 Å². The molecule has 132 valence electrons. The van der Waals surface area contributed by atoms with E-state index in [4.69, 9.17) is 0 Å². The Labute approximate surface area is 149 Å². The van der Waals surface area contributed by atoms with E-state index in [-0.39, 0.29) is 17.2 Å². The van der Waals surface area contributed by atoms with Crippen molar-refractivity contribution in [2.24, 2.45) is 17.3 Å². The summed E-state index contributed by atoms with van der Waals surface area (Å²) in [5.41, 5.74) is 3.05. The minimum atomic E-state index is 0.000839. The molecule has 2 atom stereocenters. The van der Waals surface area contributed by atoms with Crippen LogP contribution in [0.4, 0.5) is 5.82 Å². The summed E-state index contributed by atoms with van der Waals surface area (Å²) in [5, 5.41) is 7.57. The SMILES string of the molecule is CC(C)=C[C@@H]1[C@H](C(=O)Nc2cc(C)nn2Cc2ccccn2)C1(C)C. The largest absolute Gasteiger partial charge is 0.311 e. The maximum atomic E-state index is 12.8. The van der Waals surface area contributed by atoms with Gasteiger partial charge in [-0.1, -0.05) is 31.6 Å². The second-order valence-electron chi connectivity index (χ2n) is 7.71. The molecule has 0 aromatic carbocycles. The molecule has 1 fully saturated rings. The van der Waals surface area contributed by atoms with Crippen LogP contribution in [0.5, 0.6) is 0 Å². The fraction of sp³-hybridized carbons (Fsp3) is 0.450. The molecule has 2 heterocycles. The fourth-order valence-corrected chi connectivity index (χ4v) is 3.46. The van der Waals surface area contributed by atoms with Gasteiger partial charge in [-0.3, -0.25) is 9.78 Å². The van der Waals surface area contributed by atoms with Crippen LogP contribution in [0, 0.1) is 24.2 Å². The lowest BCUT2D eigenvalue weighted by Crippen LogP contribution is -2.20. The van der Waals surface area contributed by atoms with Crippen LogP contribution >= 0.6 is 0 Å². The third-order valence-corrected chi connectivity index (χ3v) is 4.90. The smallest absolute Gasteiger partial charge is 0.229 e. The molecule has 1 aliphatic carbocycles. The minimum absolute atomic E-state index is 0.000839. The molecule has 2 aromatic rings. The number of carbonyl (C=O) groups is 1. The number of pyridine rings is 1. The first-order valence-corrected chi connectivity index (χ1v) is 8.69. The van der Waals surface area contributed by atoms with Crippen molar-refractivity contribution in [3.8, 4) is 0 Å². The monoisotopic (exact) mass is 338 g/mol. The number of hydrogen-bond donors (Lipinski definition) is 1. The average molecular weight is 338 g/mol. The summed E-state index contributed by atoms with van der Waals surface area (Å²) in [4.78, 5) is 17.1. The summed E-state index contributed by atoms with van der Waals surface area (Å²) in [5.74, 6) is 1.09. The van der Waals surface area contributed by atoms with Crippen molar-refractivity contribution in [3.63, 3.8) is 0 Å². The number of amides is 1. The Kier molecular flexibility index (Phi) is 4.50. The average Bonchev–Trinajstić information content (AvgIpc) is 2.88. The Morgan fingerprint density at radius 2 is 2.12 bits per heavy atom. The van der Waals surface area contributed by atoms with E-state index in [1.54, 1.807) is 10.9 Å². The lowest BCUT2D eigenvalue weighted by molar-refractivity contribution is -0.118. The molecule has 1 amide bonds. The van der Waals surface area contributed by atoms with Crippen LogP contribution in [0.1, 0.15) is 39.1 Å². The Hall–Kier alpha value is -2.43. The van der Waals surface area contributed by atoms with Gasteiger partial charge in [-0.05, 0) is 44.2 Å². The van der Waals surface area contributed by atoms with E-state index in [0.717, 1.165) is 17.2 Å². The molecule has 0 saturated heterocycles. The van der Waals surface area contributed by atoms with Gasteiger partial charge in [0.2, 0.25) is 5.91 Å². The number of nitrogens with zero attached hydrogens (tertiary/aromatic N) is 3. The standard InChI is InChI=1S/C20H26N4O/c1-13(2)10-16-18(20(16,4)5)19(25)22-17-11-14(3)23-24(17)12-15-8-6-7-9-21-15/h6-11,16,18H,12H2,1-5H3,(H,22,25)/t16-,18-/m1/s1. The molecular formula is C20H26N4O. The Bertz CT molecular complexity index is 800. The van der Waals surface area contributed by atoms with Crippen LogP contribution in [0.25, 0.3) is 0 Å². The van der Waals surface area contributed by atoms with Crippen LogP contribution in [0.15, 0.2) is 42.1 Å². The molecular weight excluding hydrogens is 312 g/mol. The van der Waals surface area contributed by atoms with Crippen molar-refractivity contribution in [2.45, 2.75) is 41.2 Å². The number of carbonyl (C=O) groups excluding carboxylic acids is 1. The predicted molar refractivity (Wildman–Crippen MR) is 99.1 cm³/mol. The Morgan fingerprint density at radius 1 is 1.36 bits per heavy atom. The second-order valence-corrected chi connectivity index (χ2v) is 7.71. The van der Waals surface area contributed by atoms with Gasteiger partial charge < -0.3 is 5.32 Å². The molecule has 0 bridgehead atoms. The first-order chi connectivity index (χ1) is 11.8. The molecule has 2 aromatic heterocycles. The highest BCUT2D eigenvalue weighted by molar-refractivity contribution is 5.95. The highest BCUT2D eigenvalue weighted by Gasteiger charge is 2.60. The van der Waals surface area contributed by atoms with Gasteiger partial charge in [0.25, 0.3) is 0 Å². The number of anilines is 1. The van der Waals surface area contributed by atoms with Gasteiger partial charge >= 0.3 is 0 Å². The summed E-state index contributed by atoms with van der Waals surface area (Å²) in [6.45, 7) is 10.9. The number of nitrogens with one attached hydrogen (secondary N) is 1. The molecule has 5 heteroatoms. The zero-order valence-corrected chi connectivity index (χ0v) is 15.6. The van der Waals surface area contributed by atoms with Crippen molar-refractivity contribution >= 4 is 11.7 Å². The molecule has 0 radical (unpaired) electrons. The second kappa shape index (κ2) is 6.47. The van der Waals surface area contributed by atoms with Crippen LogP contribution in [-0.2, 0) is 11.3 Å². The number of hydrogen-bond acceptors (Lipinski definition) is 3. The number of aryl methyl sites for hydroxylation is 1. The fourth-order valence-electron chi connectivity index (χ4n) is 3.46. The van der Waals surface area contributed by atoms with E-state index in [1.165, 1.54) is 5.57 Å². The molecule has 25 heavy (non-hydrogen) atoms. The maximum Gasteiger partial charge on any atom is 0.229 e. The van der Waals surface area contributed by atoms with E-state index in [1.807, 2.05) is 31.2 Å². The van der Waals surface area contributed by atoms with Gasteiger partial charge in [-0.15, -0.1) is 0 Å². The molecule has 1 aliphatic rings. The summed E-state index contributed by atoms with van der Waals surface area (Å²) in [6, 6.07) is 7.70. The zero-order chi connectivity index (χ0) is 18.2. The van der Waals surface area contributed by atoms with Gasteiger partial charge in [0.1, 0.15) is 5.82 Å². The topological polar surface area (TPSA) is 59.8 Å². The van der Waals surface area contributed by atoms with Crippen molar-refractivity contribution in [2.75, 3.05) is 5.32 Å². The van der Waals surface area contributed by atoms with E-state index in [2.05, 4.69) is 49.2 Å². The van der Waals surface area contributed by atoms with Gasteiger partial charge in [-0.25, -0.2) is 4.68 Å². The Morgan fingerprint density at radius 3 is 2.76 bits per heavy atom. The number of aromatic nitrogens is 3. The van der Waals surface area contributed by atoms with Gasteiger partial charge in [0, 0.05) is 12.3 Å². The first-order valence-electron chi connectivity index (χ1n) is 8.69. The third-order valence-electron chi connectivity index (χ3n) is 4.90. The number of allylic oxidation sites excluding steroid dienone is 2. The van der Waals surface area contributed by atoms with Crippen molar-refractivity contribution in [1.29, 1.82) is 0 Å². The molecule has 0 spiro atoms. The summed E-state index contributed by atoms with van der Waals surface area (Å²) in [7, 11) is 0. The molecule has 0 unspecified atom stereocenters. The molecule has 3 rings (SSSR count).